The lowest BCUT2D eigenvalue weighted by atomic mass is 10.1. The molecule has 1 unspecified atom stereocenters. The maximum atomic E-state index is 13.2. The number of ether oxygens (including phenoxy) is 1. The van der Waals surface area contributed by atoms with Crippen LogP contribution in [0.5, 0.6) is 0 Å². The summed E-state index contributed by atoms with van der Waals surface area (Å²) in [7, 11) is 1.33. The highest BCUT2D eigenvalue weighted by Gasteiger charge is 2.57. The van der Waals surface area contributed by atoms with Crippen LogP contribution in [0.15, 0.2) is 47.4 Å². The van der Waals surface area contributed by atoms with Gasteiger partial charge < -0.3 is 10.1 Å². The molecule has 0 radical (unpaired) electrons. The summed E-state index contributed by atoms with van der Waals surface area (Å²) in [6.07, 6.45) is 0.797. The van der Waals surface area contributed by atoms with Crippen LogP contribution in [0.2, 0.25) is 0 Å². The summed E-state index contributed by atoms with van der Waals surface area (Å²) in [5, 5.41) is 2.95. The Balaban J connectivity index is 1.64. The zero-order chi connectivity index (χ0) is 19.2. The van der Waals surface area contributed by atoms with Gasteiger partial charge in [-0.1, -0.05) is 23.9 Å². The minimum Gasteiger partial charge on any atom is -0.465 e. The lowest BCUT2D eigenvalue weighted by Crippen LogP contribution is -2.49. The van der Waals surface area contributed by atoms with Crippen molar-refractivity contribution in [1.82, 2.24) is 0 Å². The van der Waals surface area contributed by atoms with E-state index >= 15 is 0 Å². The Morgan fingerprint density at radius 2 is 2.00 bits per heavy atom. The first-order valence-corrected chi connectivity index (χ1v) is 9.39. The molecule has 0 spiro atoms. The number of amides is 2. The van der Waals surface area contributed by atoms with Crippen LogP contribution in [-0.2, 0) is 14.3 Å². The second-order valence-corrected chi connectivity index (χ2v) is 7.88. The highest BCUT2D eigenvalue weighted by molar-refractivity contribution is 8.02. The molecule has 1 saturated heterocycles. The van der Waals surface area contributed by atoms with E-state index in [1.165, 1.54) is 18.9 Å². The van der Waals surface area contributed by atoms with Gasteiger partial charge in [0, 0.05) is 17.0 Å². The summed E-state index contributed by atoms with van der Waals surface area (Å²) in [5.41, 5.74) is 2.57. The molecule has 1 N–H and O–H groups in total. The number of nitrogens with one attached hydrogen (secondary N) is 1. The molecule has 138 valence electrons. The summed E-state index contributed by atoms with van der Waals surface area (Å²) in [5.74, 6) is -0.701. The van der Waals surface area contributed by atoms with Gasteiger partial charge in [-0.3, -0.25) is 14.5 Å². The molecular weight excluding hydrogens is 364 g/mol. The smallest absolute Gasteiger partial charge is 0.337 e. The summed E-state index contributed by atoms with van der Waals surface area (Å²) in [6, 6.07) is 12.5. The van der Waals surface area contributed by atoms with Gasteiger partial charge in [0.1, 0.15) is 0 Å². The number of hydrogen-bond donors (Lipinski definition) is 1. The predicted molar refractivity (Wildman–Crippen MR) is 103 cm³/mol. The van der Waals surface area contributed by atoms with Crippen molar-refractivity contribution in [3.63, 3.8) is 0 Å². The number of para-hydroxylation sites is 1. The van der Waals surface area contributed by atoms with Gasteiger partial charge >= 0.3 is 5.97 Å². The fraction of sp³-hybridized carbons (Fsp3) is 0.250. The fourth-order valence-corrected chi connectivity index (χ4v) is 4.98. The van der Waals surface area contributed by atoms with Crippen molar-refractivity contribution >= 4 is 40.9 Å². The molecule has 2 aliphatic rings. The molecule has 2 amide bonds. The Hall–Kier alpha value is -2.80. The van der Waals surface area contributed by atoms with Gasteiger partial charge in [-0.05, 0) is 49.2 Å². The van der Waals surface area contributed by atoms with Gasteiger partial charge in [-0.2, -0.15) is 0 Å². The van der Waals surface area contributed by atoms with Gasteiger partial charge in [0.25, 0.3) is 5.91 Å². The van der Waals surface area contributed by atoms with Crippen LogP contribution in [0.3, 0.4) is 0 Å². The molecule has 7 heteroatoms. The molecule has 0 aliphatic carbocycles. The topological polar surface area (TPSA) is 75.7 Å². The molecule has 2 aromatic carbocycles. The van der Waals surface area contributed by atoms with Crippen molar-refractivity contribution in [2.45, 2.75) is 29.5 Å². The number of nitrogens with zero attached hydrogens (tertiary/aromatic N) is 1. The largest absolute Gasteiger partial charge is 0.465 e. The first-order valence-electron chi connectivity index (χ1n) is 8.58. The second-order valence-electron chi connectivity index (χ2n) is 6.56. The molecule has 6 nitrogen and oxygen atoms in total. The minimum absolute atomic E-state index is 0.0413. The number of carbonyl (C=O) groups excluding carboxylic acids is 3. The van der Waals surface area contributed by atoms with Gasteiger partial charge in [0.15, 0.2) is 4.87 Å². The lowest BCUT2D eigenvalue weighted by molar-refractivity contribution is -0.121. The number of anilines is 2. The molecule has 27 heavy (non-hydrogen) atoms. The average molecular weight is 382 g/mol. The number of fused-ring (bicyclic) bond motifs is 3. The zero-order valence-electron chi connectivity index (χ0n) is 14.9. The standard InChI is InChI=1S/C20H18N2O4S/c1-12-11-13(18(24)26-2)7-8-14(12)21-19(25)20-10-9-17(23)22(20)15-5-3-4-6-16(15)27-20/h3-8,11H,9-10H2,1-2H3,(H,21,25). The highest BCUT2D eigenvalue weighted by atomic mass is 32.2. The molecule has 2 heterocycles. The number of thioether (sulfide) groups is 1. The van der Waals surface area contributed by atoms with Crippen LogP contribution >= 0.6 is 11.8 Å². The number of methoxy groups -OCH3 is 1. The Kier molecular flexibility index (Phi) is 4.19. The lowest BCUT2D eigenvalue weighted by Gasteiger charge is -2.29. The first-order chi connectivity index (χ1) is 13.0. The summed E-state index contributed by atoms with van der Waals surface area (Å²) < 4.78 is 4.72. The van der Waals surface area contributed by atoms with Gasteiger partial charge in [0.2, 0.25) is 5.91 Å². The van der Waals surface area contributed by atoms with Crippen molar-refractivity contribution in [3.05, 3.63) is 53.6 Å². The summed E-state index contributed by atoms with van der Waals surface area (Å²) in [6.45, 7) is 1.81. The monoisotopic (exact) mass is 382 g/mol. The average Bonchev–Trinajstić information content (AvgIpc) is 3.18. The number of rotatable bonds is 3. The zero-order valence-corrected chi connectivity index (χ0v) is 15.8. The van der Waals surface area contributed by atoms with Crippen molar-refractivity contribution in [2.75, 3.05) is 17.3 Å². The molecule has 4 rings (SSSR count). The number of aryl methyl sites for hydroxylation is 1. The van der Waals surface area contributed by atoms with Crippen LogP contribution in [0, 0.1) is 6.92 Å². The van der Waals surface area contributed by atoms with E-state index in [0.717, 1.165) is 16.1 Å². The normalized spacial score (nSPS) is 20.2. The van der Waals surface area contributed by atoms with E-state index in [1.54, 1.807) is 23.1 Å². The Morgan fingerprint density at radius 1 is 1.22 bits per heavy atom. The van der Waals surface area contributed by atoms with E-state index in [-0.39, 0.29) is 11.8 Å². The summed E-state index contributed by atoms with van der Waals surface area (Å²) in [4.78, 5) is 39.0. The molecule has 2 aromatic rings. The molecule has 1 atom stereocenters. The van der Waals surface area contributed by atoms with Crippen LogP contribution in [-0.4, -0.2) is 29.8 Å². The fourth-order valence-electron chi connectivity index (χ4n) is 3.57. The third-order valence-corrected chi connectivity index (χ3v) is 6.40. The first kappa shape index (κ1) is 17.6. The highest BCUT2D eigenvalue weighted by Crippen LogP contribution is 2.56. The second kappa shape index (κ2) is 6.42. The molecule has 0 aromatic heterocycles. The van der Waals surface area contributed by atoms with Crippen LogP contribution in [0.25, 0.3) is 0 Å². The van der Waals surface area contributed by atoms with E-state index in [9.17, 15) is 14.4 Å². The number of carbonyl (C=O) groups is 3. The maximum Gasteiger partial charge on any atom is 0.337 e. The van der Waals surface area contributed by atoms with Crippen molar-refractivity contribution in [1.29, 1.82) is 0 Å². The molecule has 0 bridgehead atoms. The molecule has 2 aliphatic heterocycles. The van der Waals surface area contributed by atoms with Crippen molar-refractivity contribution in [2.24, 2.45) is 0 Å². The van der Waals surface area contributed by atoms with E-state index in [0.29, 0.717) is 24.1 Å². The van der Waals surface area contributed by atoms with Crippen LogP contribution in [0.1, 0.15) is 28.8 Å². The van der Waals surface area contributed by atoms with Crippen molar-refractivity contribution in [3.8, 4) is 0 Å². The third-order valence-electron chi connectivity index (χ3n) is 4.92. The summed E-state index contributed by atoms with van der Waals surface area (Å²) >= 11 is 1.42. The van der Waals surface area contributed by atoms with Gasteiger partial charge in [0.05, 0.1) is 18.4 Å². The molecule has 1 fully saturated rings. The number of benzene rings is 2. The van der Waals surface area contributed by atoms with Crippen LogP contribution in [0.4, 0.5) is 11.4 Å². The van der Waals surface area contributed by atoms with Gasteiger partial charge in [-0.15, -0.1) is 0 Å². The number of hydrogen-bond acceptors (Lipinski definition) is 5. The van der Waals surface area contributed by atoms with E-state index in [4.69, 9.17) is 4.74 Å². The predicted octanol–water partition coefficient (Wildman–Crippen LogP) is 3.35. The molecule has 0 saturated carbocycles. The SMILES string of the molecule is COC(=O)c1ccc(NC(=O)C23CCC(=O)N2c2ccccc2S3)c(C)c1. The maximum absolute atomic E-state index is 13.2. The molecular formula is C20H18N2O4S. The minimum atomic E-state index is -0.964. The van der Waals surface area contributed by atoms with Crippen LogP contribution < -0.4 is 10.2 Å². The van der Waals surface area contributed by atoms with E-state index in [1.807, 2.05) is 31.2 Å². The van der Waals surface area contributed by atoms with E-state index in [2.05, 4.69) is 5.32 Å². The van der Waals surface area contributed by atoms with Gasteiger partial charge in [-0.25, -0.2) is 4.79 Å². The Labute approximate surface area is 160 Å². The quantitative estimate of drug-likeness (QED) is 0.824. The number of esters is 1. The Morgan fingerprint density at radius 3 is 2.74 bits per heavy atom. The van der Waals surface area contributed by atoms with E-state index < -0.39 is 10.8 Å². The third kappa shape index (κ3) is 2.70. The van der Waals surface area contributed by atoms with Crippen molar-refractivity contribution < 1.29 is 19.1 Å². The Bertz CT molecular complexity index is 974.